The van der Waals surface area contributed by atoms with Crippen molar-refractivity contribution in [1.29, 1.82) is 0 Å². The summed E-state index contributed by atoms with van der Waals surface area (Å²) in [6.07, 6.45) is 4.52. The quantitative estimate of drug-likeness (QED) is 0.434. The molecule has 1 heterocycles. The van der Waals surface area contributed by atoms with Crippen molar-refractivity contribution in [1.82, 2.24) is 0 Å². The number of hydrogen-bond acceptors (Lipinski definition) is 3. The second-order valence-electron chi connectivity index (χ2n) is 2.29. The van der Waals surface area contributed by atoms with Crippen LogP contribution in [0.3, 0.4) is 0 Å². The molecule has 64 valence electrons. The van der Waals surface area contributed by atoms with Gasteiger partial charge < -0.3 is 5.21 Å². The predicted molar refractivity (Wildman–Crippen MR) is 52.9 cm³/mol. The molecule has 1 N–H and O–H groups in total. The lowest BCUT2D eigenvalue weighted by molar-refractivity contribution is 0.318. The van der Waals surface area contributed by atoms with Crippen LogP contribution in [0.4, 0.5) is 0 Å². The molecular formula is C9H11NOS. The first-order valence-electron chi connectivity index (χ1n) is 3.79. The van der Waals surface area contributed by atoms with Gasteiger partial charge in [0, 0.05) is 4.88 Å². The van der Waals surface area contributed by atoms with E-state index in [9.17, 15) is 0 Å². The second kappa shape index (κ2) is 4.72. The van der Waals surface area contributed by atoms with Crippen molar-refractivity contribution in [2.45, 2.75) is 13.3 Å². The number of nitrogens with zero attached hydrogens (tertiary/aromatic N) is 1. The number of thiophene rings is 1. The Balaban J connectivity index is 2.62. The average Bonchev–Trinajstić information content (AvgIpc) is 2.59. The van der Waals surface area contributed by atoms with Crippen LogP contribution in [0.5, 0.6) is 0 Å². The van der Waals surface area contributed by atoms with Crippen molar-refractivity contribution in [3.05, 3.63) is 28.5 Å². The van der Waals surface area contributed by atoms with Crippen molar-refractivity contribution in [2.24, 2.45) is 5.16 Å². The number of hydrogen-bond donors (Lipinski definition) is 1. The van der Waals surface area contributed by atoms with E-state index in [1.807, 2.05) is 36.6 Å². The van der Waals surface area contributed by atoms with Crippen molar-refractivity contribution in [3.63, 3.8) is 0 Å². The molecule has 0 fully saturated rings. The van der Waals surface area contributed by atoms with E-state index in [0.717, 1.165) is 6.42 Å². The summed E-state index contributed by atoms with van der Waals surface area (Å²) in [7, 11) is 0. The summed E-state index contributed by atoms with van der Waals surface area (Å²) < 4.78 is 0. The van der Waals surface area contributed by atoms with E-state index in [1.54, 1.807) is 11.3 Å². The first kappa shape index (κ1) is 9.00. The van der Waals surface area contributed by atoms with Crippen LogP contribution in [-0.4, -0.2) is 10.9 Å². The van der Waals surface area contributed by atoms with Gasteiger partial charge in [-0.15, -0.1) is 11.3 Å². The van der Waals surface area contributed by atoms with Crippen LogP contribution in [0, 0.1) is 0 Å². The maximum absolute atomic E-state index is 8.49. The summed E-state index contributed by atoms with van der Waals surface area (Å²) in [4.78, 5) is 1.17. The van der Waals surface area contributed by atoms with Gasteiger partial charge in [0.25, 0.3) is 0 Å². The normalized spacial score (nSPS) is 12.6. The summed E-state index contributed by atoms with van der Waals surface area (Å²) in [5, 5.41) is 13.7. The van der Waals surface area contributed by atoms with E-state index in [-0.39, 0.29) is 0 Å². The van der Waals surface area contributed by atoms with Crippen molar-refractivity contribution < 1.29 is 5.21 Å². The molecule has 0 aromatic carbocycles. The standard InChI is InChI=1S/C9H11NOS/c1-2-8(10-11)5-6-9-4-3-7-12-9/h3-7,11H,2H2,1H3/b6-5-,10-8?. The minimum Gasteiger partial charge on any atom is -0.411 e. The number of oxime groups is 1. The number of allylic oxidation sites excluding steroid dienone is 1. The molecule has 2 nitrogen and oxygen atoms in total. The summed E-state index contributed by atoms with van der Waals surface area (Å²) in [6, 6.07) is 4.01. The Bertz CT molecular complexity index is 275. The lowest BCUT2D eigenvalue weighted by Gasteiger charge is -1.89. The van der Waals surface area contributed by atoms with E-state index >= 15 is 0 Å². The Hall–Kier alpha value is -1.09. The first-order valence-corrected chi connectivity index (χ1v) is 4.67. The van der Waals surface area contributed by atoms with Gasteiger partial charge in [-0.3, -0.25) is 0 Å². The molecule has 0 aliphatic carbocycles. The first-order chi connectivity index (χ1) is 5.86. The lowest BCUT2D eigenvalue weighted by Crippen LogP contribution is -1.88. The molecule has 0 spiro atoms. The van der Waals surface area contributed by atoms with Crippen LogP contribution in [0.2, 0.25) is 0 Å². The second-order valence-corrected chi connectivity index (χ2v) is 3.27. The molecule has 0 aliphatic heterocycles. The largest absolute Gasteiger partial charge is 0.411 e. The summed E-state index contributed by atoms with van der Waals surface area (Å²) in [5.41, 5.74) is 0.698. The van der Waals surface area contributed by atoms with Crippen LogP contribution in [0.25, 0.3) is 6.08 Å². The molecular weight excluding hydrogens is 170 g/mol. The van der Waals surface area contributed by atoms with Gasteiger partial charge in [-0.1, -0.05) is 18.1 Å². The highest BCUT2D eigenvalue weighted by atomic mass is 32.1. The van der Waals surface area contributed by atoms with E-state index in [1.165, 1.54) is 4.88 Å². The summed E-state index contributed by atoms with van der Waals surface area (Å²) >= 11 is 1.66. The van der Waals surface area contributed by atoms with Gasteiger partial charge in [0.2, 0.25) is 0 Å². The maximum atomic E-state index is 8.49. The molecule has 1 aromatic rings. The predicted octanol–water partition coefficient (Wildman–Crippen LogP) is 3.00. The van der Waals surface area contributed by atoms with Gasteiger partial charge in [-0.05, 0) is 30.0 Å². The SMILES string of the molecule is CCC(/C=C\c1cccs1)=NO. The smallest absolute Gasteiger partial charge is 0.0793 e. The molecule has 0 amide bonds. The minimum absolute atomic E-state index is 0.698. The highest BCUT2D eigenvalue weighted by molar-refractivity contribution is 7.10. The highest BCUT2D eigenvalue weighted by Crippen LogP contribution is 2.10. The molecule has 0 radical (unpaired) electrons. The monoisotopic (exact) mass is 181 g/mol. The van der Waals surface area contributed by atoms with Gasteiger partial charge in [-0.2, -0.15) is 0 Å². The van der Waals surface area contributed by atoms with E-state index in [2.05, 4.69) is 5.16 Å². The molecule has 1 rings (SSSR count). The molecule has 0 saturated heterocycles. The van der Waals surface area contributed by atoms with E-state index in [4.69, 9.17) is 5.21 Å². The van der Waals surface area contributed by atoms with Crippen LogP contribution in [0.15, 0.2) is 28.7 Å². The Labute approximate surface area is 75.9 Å². The molecule has 0 aliphatic rings. The van der Waals surface area contributed by atoms with E-state index < -0.39 is 0 Å². The Morgan fingerprint density at radius 3 is 3.08 bits per heavy atom. The molecule has 1 aromatic heterocycles. The van der Waals surface area contributed by atoms with Crippen molar-refractivity contribution in [2.75, 3.05) is 0 Å². The zero-order valence-corrected chi connectivity index (χ0v) is 7.71. The zero-order chi connectivity index (χ0) is 8.81. The molecule has 0 atom stereocenters. The van der Waals surface area contributed by atoms with Gasteiger partial charge in [0.05, 0.1) is 5.71 Å². The fraction of sp³-hybridized carbons (Fsp3) is 0.222. The van der Waals surface area contributed by atoms with Gasteiger partial charge in [0.1, 0.15) is 0 Å². The lowest BCUT2D eigenvalue weighted by atomic mass is 10.2. The van der Waals surface area contributed by atoms with Gasteiger partial charge in [-0.25, -0.2) is 0 Å². The Morgan fingerprint density at radius 2 is 2.58 bits per heavy atom. The van der Waals surface area contributed by atoms with Crippen LogP contribution >= 0.6 is 11.3 Å². The molecule has 0 unspecified atom stereocenters. The number of rotatable bonds is 3. The molecule has 0 saturated carbocycles. The minimum atomic E-state index is 0.698. The molecule has 3 heteroatoms. The van der Waals surface area contributed by atoms with E-state index in [0.29, 0.717) is 5.71 Å². The van der Waals surface area contributed by atoms with Crippen molar-refractivity contribution in [3.8, 4) is 0 Å². The highest BCUT2D eigenvalue weighted by Gasteiger charge is 1.90. The van der Waals surface area contributed by atoms with Gasteiger partial charge >= 0.3 is 0 Å². The fourth-order valence-electron chi connectivity index (χ4n) is 0.786. The molecule has 0 bridgehead atoms. The van der Waals surface area contributed by atoms with Crippen LogP contribution in [-0.2, 0) is 0 Å². The summed E-state index contributed by atoms with van der Waals surface area (Å²) in [6.45, 7) is 1.95. The molecule has 12 heavy (non-hydrogen) atoms. The third kappa shape index (κ3) is 2.51. The van der Waals surface area contributed by atoms with Crippen LogP contribution in [0.1, 0.15) is 18.2 Å². The van der Waals surface area contributed by atoms with Gasteiger partial charge in [0.15, 0.2) is 0 Å². The third-order valence-corrected chi connectivity index (χ3v) is 2.31. The summed E-state index contributed by atoms with van der Waals surface area (Å²) in [5.74, 6) is 0. The third-order valence-electron chi connectivity index (χ3n) is 1.47. The Kier molecular flexibility index (Phi) is 3.54. The van der Waals surface area contributed by atoms with Crippen LogP contribution < -0.4 is 0 Å². The fourth-order valence-corrected chi connectivity index (χ4v) is 1.40. The Morgan fingerprint density at radius 1 is 1.75 bits per heavy atom. The topological polar surface area (TPSA) is 32.6 Å². The zero-order valence-electron chi connectivity index (χ0n) is 6.90. The average molecular weight is 181 g/mol. The maximum Gasteiger partial charge on any atom is 0.0793 e. The van der Waals surface area contributed by atoms with Crippen molar-refractivity contribution >= 4 is 23.1 Å².